The van der Waals surface area contributed by atoms with Gasteiger partial charge in [-0.1, -0.05) is 78.9 Å². The Morgan fingerprint density at radius 2 is 1.07 bits per heavy atom. The molecule has 0 heterocycles. The van der Waals surface area contributed by atoms with Crippen molar-refractivity contribution in [2.75, 3.05) is 21.1 Å². The molecule has 0 atom stereocenters. The van der Waals surface area contributed by atoms with Gasteiger partial charge in [-0.25, -0.2) is 0 Å². The third kappa shape index (κ3) is 5.03. The van der Waals surface area contributed by atoms with Gasteiger partial charge < -0.3 is 15.0 Å². The van der Waals surface area contributed by atoms with Crippen molar-refractivity contribution in [1.82, 2.24) is 4.48 Å². The van der Waals surface area contributed by atoms with Gasteiger partial charge in [0, 0.05) is 0 Å². The first-order chi connectivity index (χ1) is 12.8. The smallest absolute Gasteiger partial charge is 0.154 e. The summed E-state index contributed by atoms with van der Waals surface area (Å²) >= 11 is 0. The summed E-state index contributed by atoms with van der Waals surface area (Å²) in [5, 5.41) is 21.6. The molecule has 3 aromatic carbocycles. The first kappa shape index (κ1) is 20.4. The largest absolute Gasteiger partial charge is 0.546 e. The molecule has 0 aliphatic rings. The molecule has 0 aliphatic carbocycles. The highest BCUT2D eigenvalue weighted by Crippen LogP contribution is 2.28. The van der Waals surface area contributed by atoms with Crippen LogP contribution in [0.25, 0.3) is 0 Å². The number of nitrogens with zero attached hydrogens (tertiary/aromatic N) is 1. The fourth-order valence-corrected chi connectivity index (χ4v) is 2.64. The molecule has 27 heavy (non-hydrogen) atoms. The highest BCUT2D eigenvalue weighted by molar-refractivity contribution is 5.81. The molecule has 0 spiro atoms. The second-order valence-corrected chi connectivity index (χ2v) is 7.08. The SMILES string of the molecule is C[N+](C)(C)c1ccccc1.O=C([O-])C(O)(c1ccccc1)c1ccccc1. The van der Waals surface area contributed by atoms with Crippen molar-refractivity contribution in [3.05, 3.63) is 102 Å². The van der Waals surface area contributed by atoms with Crippen molar-refractivity contribution in [3.8, 4) is 0 Å². The van der Waals surface area contributed by atoms with Gasteiger partial charge in [-0.2, -0.15) is 0 Å². The Hall–Kier alpha value is -2.95. The number of carbonyl (C=O) groups is 1. The van der Waals surface area contributed by atoms with Crippen molar-refractivity contribution in [2.24, 2.45) is 0 Å². The maximum Gasteiger partial charge on any atom is 0.154 e. The average Bonchev–Trinajstić information content (AvgIpc) is 2.69. The number of quaternary nitrogens is 1. The highest BCUT2D eigenvalue weighted by atomic mass is 16.4. The van der Waals surface area contributed by atoms with E-state index in [9.17, 15) is 15.0 Å². The normalized spacial score (nSPS) is 11.3. The zero-order valence-electron chi connectivity index (χ0n) is 15.9. The van der Waals surface area contributed by atoms with Crippen molar-refractivity contribution < 1.29 is 15.0 Å². The van der Waals surface area contributed by atoms with Crippen molar-refractivity contribution >= 4 is 11.7 Å². The lowest BCUT2D eigenvalue weighted by molar-refractivity contribution is -0.322. The van der Waals surface area contributed by atoms with Crippen molar-refractivity contribution in [2.45, 2.75) is 5.60 Å². The number of rotatable bonds is 4. The van der Waals surface area contributed by atoms with E-state index < -0.39 is 11.6 Å². The van der Waals surface area contributed by atoms with Crippen LogP contribution in [-0.2, 0) is 10.4 Å². The van der Waals surface area contributed by atoms with Gasteiger partial charge in [0.05, 0.1) is 27.1 Å². The Bertz CT molecular complexity index is 802. The molecule has 1 N–H and O–H groups in total. The number of carbonyl (C=O) groups excluding carboxylic acids is 1. The molecule has 4 heteroatoms. The number of carboxylic acid groups (broad SMARTS) is 1. The van der Waals surface area contributed by atoms with E-state index in [1.54, 1.807) is 60.7 Å². The van der Waals surface area contributed by atoms with E-state index in [0.717, 1.165) is 4.48 Å². The van der Waals surface area contributed by atoms with Gasteiger partial charge >= 0.3 is 0 Å². The number of hydrogen-bond acceptors (Lipinski definition) is 3. The van der Waals surface area contributed by atoms with Crippen LogP contribution in [0.15, 0.2) is 91.0 Å². The monoisotopic (exact) mass is 363 g/mol. The quantitative estimate of drug-likeness (QED) is 0.725. The second-order valence-electron chi connectivity index (χ2n) is 7.08. The van der Waals surface area contributed by atoms with E-state index >= 15 is 0 Å². The molecule has 0 bridgehead atoms. The van der Waals surface area contributed by atoms with Crippen LogP contribution >= 0.6 is 0 Å². The molecule has 0 unspecified atom stereocenters. The fraction of sp³-hybridized carbons (Fsp3) is 0.174. The third-order valence-electron chi connectivity index (χ3n) is 4.21. The lowest BCUT2D eigenvalue weighted by atomic mass is 9.86. The van der Waals surface area contributed by atoms with Crippen LogP contribution in [0.3, 0.4) is 0 Å². The standard InChI is InChI=1S/C14H12O3.C9H14N/c15-13(16)14(17,11-7-3-1-4-8-11)12-9-5-2-6-10-12;1-10(2,3)9-7-5-4-6-8-9/h1-10,17H,(H,15,16);4-8H,1-3H3/q;+1/p-1. The molecule has 0 aliphatic heterocycles. The Morgan fingerprint density at radius 1 is 0.741 bits per heavy atom. The lowest BCUT2D eigenvalue weighted by Gasteiger charge is -2.30. The Kier molecular flexibility index (Phi) is 6.50. The van der Waals surface area contributed by atoms with Crippen LogP contribution in [-0.4, -0.2) is 32.2 Å². The van der Waals surface area contributed by atoms with E-state index in [0.29, 0.717) is 0 Å². The molecule has 4 nitrogen and oxygen atoms in total. The zero-order valence-corrected chi connectivity index (χ0v) is 15.9. The van der Waals surface area contributed by atoms with Crippen LogP contribution in [0.5, 0.6) is 0 Å². The van der Waals surface area contributed by atoms with Gasteiger partial charge in [0.25, 0.3) is 0 Å². The summed E-state index contributed by atoms with van der Waals surface area (Å²) in [4.78, 5) is 11.3. The molecular weight excluding hydrogens is 338 g/mol. The van der Waals surface area contributed by atoms with Gasteiger partial charge in [0.2, 0.25) is 0 Å². The van der Waals surface area contributed by atoms with Gasteiger partial charge in [0.1, 0.15) is 5.69 Å². The Morgan fingerprint density at radius 3 is 1.33 bits per heavy atom. The second kappa shape index (κ2) is 8.62. The van der Waals surface area contributed by atoms with E-state index in [1.165, 1.54) is 5.69 Å². The molecule has 0 amide bonds. The van der Waals surface area contributed by atoms with Crippen LogP contribution < -0.4 is 9.59 Å². The number of benzene rings is 3. The van der Waals surface area contributed by atoms with Crippen LogP contribution in [0, 0.1) is 0 Å². The minimum atomic E-state index is -2.11. The summed E-state index contributed by atoms with van der Waals surface area (Å²) < 4.78 is 0.890. The third-order valence-corrected chi connectivity index (χ3v) is 4.21. The van der Waals surface area contributed by atoms with Gasteiger partial charge in [-0.3, -0.25) is 4.48 Å². The molecule has 140 valence electrons. The van der Waals surface area contributed by atoms with E-state index in [2.05, 4.69) is 45.4 Å². The topological polar surface area (TPSA) is 60.4 Å². The molecule has 3 rings (SSSR count). The average molecular weight is 363 g/mol. The van der Waals surface area contributed by atoms with Crippen LogP contribution in [0.2, 0.25) is 0 Å². The van der Waals surface area contributed by atoms with E-state index in [1.807, 2.05) is 6.07 Å². The van der Waals surface area contributed by atoms with Gasteiger partial charge in [-0.05, 0) is 23.3 Å². The minimum absolute atomic E-state index is 0.284. The predicted molar refractivity (Wildman–Crippen MR) is 107 cm³/mol. The van der Waals surface area contributed by atoms with Crippen molar-refractivity contribution in [1.29, 1.82) is 0 Å². The first-order valence-electron chi connectivity index (χ1n) is 8.68. The molecule has 0 saturated heterocycles. The zero-order chi connectivity index (χ0) is 19.9. The molecule has 0 aromatic heterocycles. The summed E-state index contributed by atoms with van der Waals surface area (Å²) in [7, 11) is 6.49. The predicted octanol–water partition coefficient (Wildman–Crippen LogP) is 2.56. The summed E-state index contributed by atoms with van der Waals surface area (Å²) in [5.74, 6) is -1.53. The number of carboxylic acids is 1. The number of aliphatic hydroxyl groups is 1. The highest BCUT2D eigenvalue weighted by Gasteiger charge is 2.32. The Labute approximate surface area is 160 Å². The molecule has 0 radical (unpaired) electrons. The summed E-state index contributed by atoms with van der Waals surface area (Å²) in [5.41, 5.74) is -0.206. The first-order valence-corrected chi connectivity index (χ1v) is 8.68. The number of para-hydroxylation sites is 1. The molecular formula is C23H25NO3. The minimum Gasteiger partial charge on any atom is -0.546 e. The van der Waals surface area contributed by atoms with Crippen molar-refractivity contribution in [3.63, 3.8) is 0 Å². The van der Waals surface area contributed by atoms with E-state index in [-0.39, 0.29) is 11.1 Å². The molecule has 3 aromatic rings. The van der Waals surface area contributed by atoms with Gasteiger partial charge in [0.15, 0.2) is 5.60 Å². The molecule has 0 fully saturated rings. The Balaban J connectivity index is 0.000000223. The fourth-order valence-electron chi connectivity index (χ4n) is 2.64. The summed E-state index contributed by atoms with van der Waals surface area (Å²) in [6.45, 7) is 0. The van der Waals surface area contributed by atoms with Gasteiger partial charge in [-0.15, -0.1) is 0 Å². The summed E-state index contributed by atoms with van der Waals surface area (Å²) in [6.07, 6.45) is 0. The summed E-state index contributed by atoms with van der Waals surface area (Å²) in [6, 6.07) is 26.9. The van der Waals surface area contributed by atoms with E-state index in [4.69, 9.17) is 0 Å². The lowest BCUT2D eigenvalue weighted by Crippen LogP contribution is -2.46. The molecule has 0 saturated carbocycles. The maximum absolute atomic E-state index is 11.3. The van der Waals surface area contributed by atoms with Crippen LogP contribution in [0.1, 0.15) is 11.1 Å². The van der Waals surface area contributed by atoms with Crippen LogP contribution in [0.4, 0.5) is 5.69 Å². The number of aliphatic carboxylic acids is 1. The maximum atomic E-state index is 11.3. The number of hydrogen-bond donors (Lipinski definition) is 1.